The summed E-state index contributed by atoms with van der Waals surface area (Å²) in [5, 5.41) is 9.64. The van der Waals surface area contributed by atoms with Gasteiger partial charge in [0.25, 0.3) is 0 Å². The van der Waals surface area contributed by atoms with Crippen LogP contribution in [0.3, 0.4) is 0 Å². The quantitative estimate of drug-likeness (QED) is 0.328. The molecule has 0 aromatic carbocycles. The SMILES string of the molecule is CC=CC=CC(=O)[O-].CCCC.[K+]. The van der Waals surface area contributed by atoms with Crippen LogP contribution in [-0.2, 0) is 4.79 Å². The van der Waals surface area contributed by atoms with Crippen LogP contribution in [0.2, 0.25) is 0 Å². The van der Waals surface area contributed by atoms with Crippen molar-refractivity contribution in [1.29, 1.82) is 0 Å². The summed E-state index contributed by atoms with van der Waals surface area (Å²) in [5.74, 6) is -1.16. The predicted molar refractivity (Wildman–Crippen MR) is 49.5 cm³/mol. The Morgan fingerprint density at radius 2 is 1.69 bits per heavy atom. The Labute approximate surface area is 124 Å². The molecule has 0 rings (SSSR count). The van der Waals surface area contributed by atoms with E-state index in [4.69, 9.17) is 0 Å². The number of rotatable bonds is 3. The molecule has 2 nitrogen and oxygen atoms in total. The van der Waals surface area contributed by atoms with Crippen LogP contribution in [0.5, 0.6) is 0 Å². The van der Waals surface area contributed by atoms with E-state index in [-0.39, 0.29) is 51.4 Å². The molecular formula is C10H17KO2. The molecule has 0 unspecified atom stereocenters. The van der Waals surface area contributed by atoms with E-state index < -0.39 is 5.97 Å². The smallest absolute Gasteiger partial charge is 0.545 e. The number of carboxylic acid groups (broad SMARTS) is 1. The Bertz CT molecular complexity index is 149. The van der Waals surface area contributed by atoms with E-state index in [0.717, 1.165) is 6.08 Å². The average molecular weight is 208 g/mol. The first-order valence-corrected chi connectivity index (χ1v) is 4.19. The molecule has 0 heterocycles. The first kappa shape index (κ1) is 19.2. The molecule has 0 radical (unpaired) electrons. The number of carbonyl (C=O) groups excluding carboxylic acids is 1. The van der Waals surface area contributed by atoms with Crippen molar-refractivity contribution >= 4 is 5.97 Å². The number of aliphatic carboxylic acids is 1. The summed E-state index contributed by atoms with van der Waals surface area (Å²) in [5.41, 5.74) is 0. The van der Waals surface area contributed by atoms with Crippen LogP contribution in [0.15, 0.2) is 24.3 Å². The molecule has 0 fully saturated rings. The van der Waals surface area contributed by atoms with Crippen molar-refractivity contribution < 1.29 is 61.3 Å². The van der Waals surface area contributed by atoms with E-state index >= 15 is 0 Å². The third-order valence-electron chi connectivity index (χ3n) is 1.04. The Kier molecular flexibility index (Phi) is 27.2. The minimum atomic E-state index is -1.16. The van der Waals surface area contributed by atoms with Crippen molar-refractivity contribution in [2.24, 2.45) is 0 Å². The fourth-order valence-electron chi connectivity index (χ4n) is 0.245. The largest absolute Gasteiger partial charge is 1.00 e. The summed E-state index contributed by atoms with van der Waals surface area (Å²) in [6, 6.07) is 0. The molecule has 70 valence electrons. The van der Waals surface area contributed by atoms with Crippen molar-refractivity contribution in [3.8, 4) is 0 Å². The number of allylic oxidation sites excluding steroid dienone is 3. The normalized spacial score (nSPS) is 9.15. The molecule has 0 saturated carbocycles. The molecule has 0 aromatic rings. The summed E-state index contributed by atoms with van der Waals surface area (Å²) >= 11 is 0. The molecule has 0 amide bonds. The van der Waals surface area contributed by atoms with Crippen LogP contribution in [0.1, 0.15) is 33.6 Å². The van der Waals surface area contributed by atoms with Crippen molar-refractivity contribution in [1.82, 2.24) is 0 Å². The molecule has 0 atom stereocenters. The second-order valence-corrected chi connectivity index (χ2v) is 2.20. The van der Waals surface area contributed by atoms with Crippen molar-refractivity contribution in [2.75, 3.05) is 0 Å². The third kappa shape index (κ3) is 32.5. The van der Waals surface area contributed by atoms with Crippen LogP contribution in [-0.4, -0.2) is 5.97 Å². The van der Waals surface area contributed by atoms with E-state index in [1.165, 1.54) is 18.9 Å². The number of carbonyl (C=O) groups is 1. The average Bonchev–Trinajstić information content (AvgIpc) is 2.05. The van der Waals surface area contributed by atoms with Gasteiger partial charge in [0.2, 0.25) is 0 Å². The number of hydrogen-bond donors (Lipinski definition) is 0. The van der Waals surface area contributed by atoms with Crippen LogP contribution in [0.25, 0.3) is 0 Å². The topological polar surface area (TPSA) is 40.1 Å². The molecule has 0 aliphatic rings. The van der Waals surface area contributed by atoms with Gasteiger partial charge in [-0.3, -0.25) is 0 Å². The van der Waals surface area contributed by atoms with Crippen LogP contribution in [0, 0.1) is 0 Å². The molecule has 0 spiro atoms. The van der Waals surface area contributed by atoms with Gasteiger partial charge in [-0.15, -0.1) is 0 Å². The van der Waals surface area contributed by atoms with Crippen molar-refractivity contribution in [3.05, 3.63) is 24.3 Å². The Balaban J connectivity index is -0.000000173. The molecule has 0 saturated heterocycles. The first-order chi connectivity index (χ1) is 5.68. The summed E-state index contributed by atoms with van der Waals surface area (Å²) in [7, 11) is 0. The van der Waals surface area contributed by atoms with Crippen LogP contribution >= 0.6 is 0 Å². The van der Waals surface area contributed by atoms with Gasteiger partial charge in [-0.2, -0.15) is 0 Å². The van der Waals surface area contributed by atoms with E-state index in [1.807, 2.05) is 0 Å². The molecule has 0 aliphatic heterocycles. The van der Waals surface area contributed by atoms with Crippen LogP contribution in [0.4, 0.5) is 0 Å². The van der Waals surface area contributed by atoms with Gasteiger partial charge in [0.15, 0.2) is 0 Å². The molecule has 0 N–H and O–H groups in total. The van der Waals surface area contributed by atoms with Crippen molar-refractivity contribution in [2.45, 2.75) is 33.6 Å². The van der Waals surface area contributed by atoms with Gasteiger partial charge in [-0.05, 0) is 13.0 Å². The zero-order valence-corrected chi connectivity index (χ0v) is 12.2. The van der Waals surface area contributed by atoms with Gasteiger partial charge < -0.3 is 9.90 Å². The Hall–Kier alpha value is 0.586. The standard InChI is InChI=1S/C6H8O2.C4H10.K/c1-2-3-4-5-6(7)8;1-3-4-2;/h2-5H,1H3,(H,7,8);3-4H2,1-2H3;/q;;+1/p-1. The second-order valence-electron chi connectivity index (χ2n) is 2.20. The molecule has 0 aliphatic carbocycles. The monoisotopic (exact) mass is 208 g/mol. The van der Waals surface area contributed by atoms with Gasteiger partial charge >= 0.3 is 51.4 Å². The van der Waals surface area contributed by atoms with Gasteiger partial charge in [0.05, 0.1) is 5.97 Å². The Morgan fingerprint density at radius 3 is 1.92 bits per heavy atom. The molecule has 3 heteroatoms. The number of unbranched alkanes of at least 4 members (excludes halogenated alkanes) is 1. The summed E-state index contributed by atoms with van der Waals surface area (Å²) in [6.45, 7) is 6.17. The van der Waals surface area contributed by atoms with E-state index in [2.05, 4.69) is 13.8 Å². The fourth-order valence-corrected chi connectivity index (χ4v) is 0.245. The number of hydrogen-bond acceptors (Lipinski definition) is 2. The maximum absolute atomic E-state index is 9.64. The number of carboxylic acids is 1. The maximum Gasteiger partial charge on any atom is 1.00 e. The van der Waals surface area contributed by atoms with Crippen LogP contribution < -0.4 is 56.5 Å². The fraction of sp³-hybridized carbons (Fsp3) is 0.500. The van der Waals surface area contributed by atoms with E-state index in [0.29, 0.717) is 0 Å². The van der Waals surface area contributed by atoms with Gasteiger partial charge in [0, 0.05) is 0 Å². The zero-order valence-electron chi connectivity index (χ0n) is 9.04. The predicted octanol–water partition coefficient (Wildman–Crippen LogP) is -1.32. The van der Waals surface area contributed by atoms with Crippen molar-refractivity contribution in [3.63, 3.8) is 0 Å². The minimum Gasteiger partial charge on any atom is -0.545 e. The summed E-state index contributed by atoms with van der Waals surface area (Å²) < 4.78 is 0. The Morgan fingerprint density at radius 1 is 1.23 bits per heavy atom. The maximum atomic E-state index is 9.64. The molecule has 13 heavy (non-hydrogen) atoms. The molecule has 0 bridgehead atoms. The minimum absolute atomic E-state index is 0. The van der Waals surface area contributed by atoms with Gasteiger partial charge in [0.1, 0.15) is 0 Å². The van der Waals surface area contributed by atoms with Gasteiger partial charge in [-0.1, -0.05) is 44.9 Å². The van der Waals surface area contributed by atoms with Gasteiger partial charge in [-0.25, -0.2) is 0 Å². The zero-order chi connectivity index (χ0) is 9.82. The summed E-state index contributed by atoms with van der Waals surface area (Å²) in [6.07, 6.45) is 8.38. The third-order valence-corrected chi connectivity index (χ3v) is 1.04. The van der Waals surface area contributed by atoms with E-state index in [9.17, 15) is 9.90 Å². The molecular weight excluding hydrogens is 191 g/mol. The van der Waals surface area contributed by atoms with E-state index in [1.54, 1.807) is 19.1 Å². The second kappa shape index (κ2) is 18.4. The first-order valence-electron chi connectivity index (χ1n) is 4.19. The summed E-state index contributed by atoms with van der Waals surface area (Å²) in [4.78, 5) is 9.64. The molecule has 0 aromatic heterocycles.